The molecule has 4 N–H and O–H groups in total. The summed E-state index contributed by atoms with van der Waals surface area (Å²) in [4.78, 5) is 25.7. The maximum atomic E-state index is 11.7. The molecule has 112 valence electrons. The van der Waals surface area contributed by atoms with Gasteiger partial charge in [0.05, 0.1) is 0 Å². The quantitative estimate of drug-likeness (QED) is 0.806. The van der Waals surface area contributed by atoms with E-state index in [-0.39, 0.29) is 11.0 Å². The summed E-state index contributed by atoms with van der Waals surface area (Å²) in [5.41, 5.74) is 5.51. The molecule has 0 saturated carbocycles. The number of nitrogens with one attached hydrogen (secondary N) is 1. The third kappa shape index (κ3) is 3.13. The van der Waals surface area contributed by atoms with Crippen LogP contribution in [0.2, 0.25) is 0 Å². The lowest BCUT2D eigenvalue weighted by Gasteiger charge is -2.32. The van der Waals surface area contributed by atoms with Crippen LogP contribution in [0.25, 0.3) is 10.9 Å². The molecule has 1 atom stereocenters. The molecule has 0 aliphatic heterocycles. The zero-order valence-corrected chi connectivity index (χ0v) is 12.4. The van der Waals surface area contributed by atoms with Crippen molar-refractivity contribution in [1.82, 2.24) is 4.98 Å². The summed E-state index contributed by atoms with van der Waals surface area (Å²) in [6.07, 6.45) is 0.310. The van der Waals surface area contributed by atoms with Crippen molar-refractivity contribution in [3.05, 3.63) is 46.2 Å². The molecule has 0 spiro atoms. The van der Waals surface area contributed by atoms with Crippen molar-refractivity contribution in [1.29, 1.82) is 0 Å². The monoisotopic (exact) mass is 288 g/mol. The molecule has 1 aromatic heterocycles. The summed E-state index contributed by atoms with van der Waals surface area (Å²) in [7, 11) is 0. The second-order valence-electron chi connectivity index (χ2n) is 6.64. The SMILES string of the molecule is CC(C)(C)C[C@](N)(C(=O)O)c1ccc2[nH]c(=O)ccc2c1. The number of hydrogen-bond acceptors (Lipinski definition) is 3. The van der Waals surface area contributed by atoms with Crippen molar-refractivity contribution in [3.8, 4) is 0 Å². The van der Waals surface area contributed by atoms with Gasteiger partial charge in [-0.15, -0.1) is 0 Å². The molecule has 1 heterocycles. The second-order valence-corrected chi connectivity index (χ2v) is 6.64. The number of rotatable bonds is 3. The van der Waals surface area contributed by atoms with Crippen LogP contribution >= 0.6 is 0 Å². The largest absolute Gasteiger partial charge is 0.480 e. The molecule has 0 saturated heterocycles. The average molecular weight is 288 g/mol. The van der Waals surface area contributed by atoms with Gasteiger partial charge in [0, 0.05) is 11.6 Å². The van der Waals surface area contributed by atoms with E-state index in [0.29, 0.717) is 17.5 Å². The number of carbonyl (C=O) groups is 1. The Bertz CT molecular complexity index is 743. The second kappa shape index (κ2) is 5.00. The first-order valence-corrected chi connectivity index (χ1v) is 6.78. The van der Waals surface area contributed by atoms with Crippen LogP contribution < -0.4 is 11.3 Å². The fraction of sp³-hybridized carbons (Fsp3) is 0.375. The highest BCUT2D eigenvalue weighted by molar-refractivity contribution is 5.85. The van der Waals surface area contributed by atoms with E-state index in [9.17, 15) is 14.7 Å². The number of carboxylic acids is 1. The summed E-state index contributed by atoms with van der Waals surface area (Å²) in [6, 6.07) is 8.16. The zero-order valence-electron chi connectivity index (χ0n) is 12.4. The van der Waals surface area contributed by atoms with Crippen molar-refractivity contribution in [2.45, 2.75) is 32.7 Å². The summed E-state index contributed by atoms with van der Waals surface area (Å²) in [6.45, 7) is 5.86. The highest BCUT2D eigenvalue weighted by Gasteiger charge is 2.39. The number of nitrogens with two attached hydrogens (primary N) is 1. The Labute approximate surface area is 122 Å². The lowest BCUT2D eigenvalue weighted by molar-refractivity contribution is -0.145. The van der Waals surface area contributed by atoms with Crippen LogP contribution in [-0.2, 0) is 10.3 Å². The van der Waals surface area contributed by atoms with Gasteiger partial charge in [0.25, 0.3) is 0 Å². The minimum absolute atomic E-state index is 0.192. The fourth-order valence-corrected chi connectivity index (χ4v) is 2.57. The van der Waals surface area contributed by atoms with Gasteiger partial charge in [-0.25, -0.2) is 4.79 Å². The summed E-state index contributed by atoms with van der Waals surface area (Å²) >= 11 is 0. The van der Waals surface area contributed by atoms with Crippen LogP contribution in [-0.4, -0.2) is 16.1 Å². The molecule has 0 aliphatic rings. The van der Waals surface area contributed by atoms with Crippen molar-refractivity contribution >= 4 is 16.9 Å². The van der Waals surface area contributed by atoms with Crippen molar-refractivity contribution in [3.63, 3.8) is 0 Å². The Balaban J connectivity index is 2.58. The Morgan fingerprint density at radius 3 is 2.48 bits per heavy atom. The Morgan fingerprint density at radius 1 is 1.24 bits per heavy atom. The third-order valence-corrected chi connectivity index (χ3v) is 3.43. The Morgan fingerprint density at radius 2 is 1.90 bits per heavy atom. The van der Waals surface area contributed by atoms with E-state index in [0.717, 1.165) is 5.39 Å². The molecule has 0 unspecified atom stereocenters. The van der Waals surface area contributed by atoms with E-state index < -0.39 is 11.5 Å². The number of H-pyrrole nitrogens is 1. The average Bonchev–Trinajstić information content (AvgIpc) is 2.35. The van der Waals surface area contributed by atoms with Crippen LogP contribution in [0.1, 0.15) is 32.8 Å². The maximum Gasteiger partial charge on any atom is 0.328 e. The molecule has 0 bridgehead atoms. The number of aromatic amines is 1. The van der Waals surface area contributed by atoms with Crippen LogP contribution in [0.5, 0.6) is 0 Å². The summed E-state index contributed by atoms with van der Waals surface area (Å²) < 4.78 is 0. The maximum absolute atomic E-state index is 11.7. The van der Waals surface area contributed by atoms with Crippen molar-refractivity contribution in [2.75, 3.05) is 0 Å². The highest BCUT2D eigenvalue weighted by Crippen LogP contribution is 2.34. The Kier molecular flexibility index (Phi) is 3.63. The minimum atomic E-state index is -1.46. The van der Waals surface area contributed by atoms with Gasteiger partial charge in [-0.3, -0.25) is 4.79 Å². The number of carboxylic acid groups (broad SMARTS) is 1. The molecule has 2 rings (SSSR count). The van der Waals surface area contributed by atoms with Gasteiger partial charge >= 0.3 is 5.97 Å². The number of aromatic nitrogens is 1. The van der Waals surface area contributed by atoms with Gasteiger partial charge in [-0.1, -0.05) is 26.8 Å². The van der Waals surface area contributed by atoms with Crippen LogP contribution in [0.15, 0.2) is 35.1 Å². The molecule has 2 aromatic rings. The number of aliphatic carboxylic acids is 1. The number of pyridine rings is 1. The fourth-order valence-electron chi connectivity index (χ4n) is 2.57. The normalized spacial score (nSPS) is 14.9. The van der Waals surface area contributed by atoms with Crippen LogP contribution in [0, 0.1) is 5.41 Å². The van der Waals surface area contributed by atoms with E-state index in [4.69, 9.17) is 5.73 Å². The van der Waals surface area contributed by atoms with Gasteiger partial charge in [0.2, 0.25) is 5.56 Å². The Hall–Kier alpha value is -2.14. The number of hydrogen-bond donors (Lipinski definition) is 3. The predicted octanol–water partition coefficient (Wildman–Crippen LogP) is 2.20. The molecular formula is C16H20N2O3. The van der Waals surface area contributed by atoms with Gasteiger partial charge in [-0.2, -0.15) is 0 Å². The molecule has 5 nitrogen and oxygen atoms in total. The minimum Gasteiger partial charge on any atom is -0.480 e. The molecule has 21 heavy (non-hydrogen) atoms. The molecular weight excluding hydrogens is 268 g/mol. The predicted molar refractivity (Wildman–Crippen MR) is 82.1 cm³/mol. The first-order chi connectivity index (χ1) is 9.62. The lowest BCUT2D eigenvalue weighted by atomic mass is 9.76. The van der Waals surface area contributed by atoms with E-state index in [1.165, 1.54) is 6.07 Å². The molecule has 0 radical (unpaired) electrons. The first kappa shape index (κ1) is 15.3. The van der Waals surface area contributed by atoms with Crippen LogP contribution in [0.4, 0.5) is 0 Å². The first-order valence-electron chi connectivity index (χ1n) is 6.78. The number of benzene rings is 1. The summed E-state index contributed by atoms with van der Waals surface area (Å²) in [5, 5.41) is 10.3. The van der Waals surface area contributed by atoms with Gasteiger partial charge in [0.1, 0.15) is 5.54 Å². The lowest BCUT2D eigenvalue weighted by Crippen LogP contribution is -2.47. The zero-order chi connectivity index (χ0) is 15.8. The topological polar surface area (TPSA) is 96.2 Å². The van der Waals surface area contributed by atoms with Crippen molar-refractivity contribution in [2.24, 2.45) is 11.1 Å². The smallest absolute Gasteiger partial charge is 0.328 e. The standard InChI is InChI=1S/C16H20N2O3/c1-15(2,3)9-16(17,14(20)21)11-5-6-12-10(8-11)4-7-13(19)18-12/h4-8H,9,17H2,1-3H3,(H,18,19)(H,20,21)/t16-/m1/s1. The van der Waals surface area contributed by atoms with Crippen LogP contribution in [0.3, 0.4) is 0 Å². The third-order valence-electron chi connectivity index (χ3n) is 3.43. The van der Waals surface area contributed by atoms with Crippen molar-refractivity contribution < 1.29 is 9.90 Å². The highest BCUT2D eigenvalue weighted by atomic mass is 16.4. The molecule has 0 fully saturated rings. The van der Waals surface area contributed by atoms with E-state index >= 15 is 0 Å². The van der Waals surface area contributed by atoms with Gasteiger partial charge < -0.3 is 15.8 Å². The van der Waals surface area contributed by atoms with E-state index in [2.05, 4.69) is 4.98 Å². The van der Waals surface area contributed by atoms with Gasteiger partial charge in [0.15, 0.2) is 0 Å². The van der Waals surface area contributed by atoms with Gasteiger partial charge in [-0.05, 0) is 41.0 Å². The molecule has 5 heteroatoms. The van der Waals surface area contributed by atoms with E-state index in [1.807, 2.05) is 20.8 Å². The summed E-state index contributed by atoms with van der Waals surface area (Å²) in [5.74, 6) is -1.05. The molecule has 0 amide bonds. The molecule has 0 aliphatic carbocycles. The van der Waals surface area contributed by atoms with E-state index in [1.54, 1.807) is 24.3 Å². The number of fused-ring (bicyclic) bond motifs is 1. The molecule has 1 aromatic carbocycles.